The molecule has 2 aromatic rings. The fourth-order valence-electron chi connectivity index (χ4n) is 4.27. The molecular formula is C34H57N3O3. The van der Waals surface area contributed by atoms with Gasteiger partial charge in [0.15, 0.2) is 0 Å². The molecule has 6 nitrogen and oxygen atoms in total. The van der Waals surface area contributed by atoms with E-state index in [1.54, 1.807) is 0 Å². The lowest BCUT2D eigenvalue weighted by Crippen LogP contribution is -2.36. The van der Waals surface area contributed by atoms with Gasteiger partial charge < -0.3 is 19.2 Å². The van der Waals surface area contributed by atoms with Gasteiger partial charge in [-0.1, -0.05) is 80.0 Å². The van der Waals surface area contributed by atoms with Crippen LogP contribution in [0.5, 0.6) is 5.75 Å². The number of nitrogens with zero attached hydrogens (tertiary/aromatic N) is 3. The van der Waals surface area contributed by atoms with E-state index < -0.39 is 0 Å². The number of aromatic nitrogens is 2. The summed E-state index contributed by atoms with van der Waals surface area (Å²) in [4.78, 5) is 18.6. The van der Waals surface area contributed by atoms with Crippen molar-refractivity contribution in [3.8, 4) is 5.75 Å². The van der Waals surface area contributed by atoms with Gasteiger partial charge in [-0.3, -0.25) is 4.68 Å². The highest BCUT2D eigenvalue weighted by Crippen LogP contribution is 2.27. The summed E-state index contributed by atoms with van der Waals surface area (Å²) in [5.74, 6) is 2.50. The molecule has 0 aliphatic carbocycles. The molecule has 226 valence electrons. The number of rotatable bonds is 10. The van der Waals surface area contributed by atoms with Crippen molar-refractivity contribution >= 4 is 25.7 Å². The Morgan fingerprint density at radius 1 is 1.05 bits per heavy atom. The van der Waals surface area contributed by atoms with Crippen molar-refractivity contribution in [1.29, 1.82) is 0 Å². The largest absolute Gasteiger partial charge is 0.462 e. The van der Waals surface area contributed by atoms with E-state index in [0.717, 1.165) is 67.5 Å². The van der Waals surface area contributed by atoms with Gasteiger partial charge in [-0.2, -0.15) is 5.10 Å². The molecule has 0 N–H and O–H groups in total. The molecule has 3 rings (SSSR count). The van der Waals surface area contributed by atoms with Crippen LogP contribution in [0, 0.1) is 5.92 Å². The SMILES string of the molecule is C=Cc1c(/C=C(\C)Oc2ccc(CCC)cc2)cnn1C1CCN(CCC(C)C)CC1.C=O.C=O.CC.CCC. The number of hydrogen-bond acceptors (Lipinski definition) is 5. The molecule has 6 heteroatoms. The maximum atomic E-state index is 8.00. The number of ether oxygens (including phenoxy) is 1. The smallest absolute Gasteiger partial charge is 0.126 e. The van der Waals surface area contributed by atoms with Crippen LogP contribution in [-0.2, 0) is 16.0 Å². The Morgan fingerprint density at radius 2 is 1.60 bits per heavy atom. The first-order valence-corrected chi connectivity index (χ1v) is 14.9. The van der Waals surface area contributed by atoms with Crippen LogP contribution < -0.4 is 4.74 Å². The molecule has 0 unspecified atom stereocenters. The Morgan fingerprint density at radius 3 is 2.08 bits per heavy atom. The van der Waals surface area contributed by atoms with Gasteiger partial charge >= 0.3 is 0 Å². The molecule has 0 radical (unpaired) electrons. The van der Waals surface area contributed by atoms with Crippen molar-refractivity contribution in [3.05, 3.63) is 59.6 Å². The van der Waals surface area contributed by atoms with Crippen LogP contribution in [0.3, 0.4) is 0 Å². The molecule has 0 spiro atoms. The van der Waals surface area contributed by atoms with Gasteiger partial charge in [-0.15, -0.1) is 0 Å². The van der Waals surface area contributed by atoms with Crippen LogP contribution in [0.15, 0.2) is 42.8 Å². The molecular weight excluding hydrogens is 498 g/mol. The van der Waals surface area contributed by atoms with E-state index in [4.69, 9.17) is 19.4 Å². The first-order valence-electron chi connectivity index (χ1n) is 14.9. The fourth-order valence-corrected chi connectivity index (χ4v) is 4.27. The van der Waals surface area contributed by atoms with Crippen molar-refractivity contribution in [2.75, 3.05) is 19.6 Å². The quantitative estimate of drug-likeness (QED) is 0.274. The molecule has 1 aromatic heterocycles. The van der Waals surface area contributed by atoms with Crippen molar-refractivity contribution in [2.45, 2.75) is 100.0 Å². The molecule has 0 atom stereocenters. The first-order chi connectivity index (χ1) is 19.4. The second-order valence-electron chi connectivity index (χ2n) is 9.85. The molecule has 2 heterocycles. The van der Waals surface area contributed by atoms with Crippen LogP contribution in [-0.4, -0.2) is 47.9 Å². The molecule has 40 heavy (non-hydrogen) atoms. The number of benzene rings is 1. The topological polar surface area (TPSA) is 64.4 Å². The summed E-state index contributed by atoms with van der Waals surface area (Å²) >= 11 is 0. The fraction of sp³-hybridized carbons (Fsp3) is 0.559. The lowest BCUT2D eigenvalue weighted by Gasteiger charge is -2.33. The zero-order valence-electron chi connectivity index (χ0n) is 26.7. The lowest BCUT2D eigenvalue weighted by molar-refractivity contribution is -0.0987. The summed E-state index contributed by atoms with van der Waals surface area (Å²) in [6.45, 7) is 28.6. The highest BCUT2D eigenvalue weighted by molar-refractivity contribution is 5.62. The summed E-state index contributed by atoms with van der Waals surface area (Å²) in [7, 11) is 0. The number of carbonyl (C=O) groups is 2. The highest BCUT2D eigenvalue weighted by atomic mass is 16.5. The van der Waals surface area contributed by atoms with Gasteiger partial charge in [0.1, 0.15) is 25.1 Å². The molecule has 1 aliphatic heterocycles. The zero-order chi connectivity index (χ0) is 30.9. The van der Waals surface area contributed by atoms with Gasteiger partial charge in [0.05, 0.1) is 17.9 Å². The normalized spacial score (nSPS) is 13.3. The van der Waals surface area contributed by atoms with Gasteiger partial charge in [0.2, 0.25) is 0 Å². The average Bonchev–Trinajstić information content (AvgIpc) is 3.39. The summed E-state index contributed by atoms with van der Waals surface area (Å²) in [6, 6.07) is 8.83. The number of likely N-dealkylation sites (tertiary alicyclic amines) is 1. The van der Waals surface area contributed by atoms with Gasteiger partial charge in [0, 0.05) is 18.7 Å². The molecule has 1 saturated heterocycles. The number of carbonyl (C=O) groups excluding carboxylic acids is 2. The summed E-state index contributed by atoms with van der Waals surface area (Å²) in [6.07, 6.45) is 13.0. The van der Waals surface area contributed by atoms with Gasteiger partial charge in [-0.25, -0.2) is 0 Å². The number of aryl methyl sites for hydroxylation is 1. The summed E-state index contributed by atoms with van der Waals surface area (Å²) < 4.78 is 8.22. The summed E-state index contributed by atoms with van der Waals surface area (Å²) in [5, 5.41) is 4.73. The third-order valence-electron chi connectivity index (χ3n) is 6.08. The first kappa shape index (κ1) is 39.2. The number of hydrogen-bond donors (Lipinski definition) is 0. The third-order valence-corrected chi connectivity index (χ3v) is 6.08. The predicted octanol–water partition coefficient (Wildman–Crippen LogP) is 8.67. The van der Waals surface area contributed by atoms with E-state index in [1.807, 2.05) is 58.8 Å². The maximum absolute atomic E-state index is 8.00. The highest BCUT2D eigenvalue weighted by Gasteiger charge is 2.23. The molecule has 1 fully saturated rings. The lowest BCUT2D eigenvalue weighted by atomic mass is 10.0. The second-order valence-corrected chi connectivity index (χ2v) is 9.85. The molecule has 1 aliphatic rings. The van der Waals surface area contributed by atoms with Crippen LogP contribution >= 0.6 is 0 Å². The van der Waals surface area contributed by atoms with Crippen LogP contribution in [0.1, 0.15) is 110 Å². The van der Waals surface area contributed by atoms with E-state index in [1.165, 1.54) is 24.9 Å². The molecule has 1 aromatic carbocycles. The second kappa shape index (κ2) is 25.0. The number of piperidine rings is 1. The van der Waals surface area contributed by atoms with E-state index in [2.05, 4.69) is 69.0 Å². The Labute approximate surface area is 245 Å². The molecule has 0 amide bonds. The van der Waals surface area contributed by atoms with E-state index in [0.29, 0.717) is 6.04 Å². The van der Waals surface area contributed by atoms with E-state index in [-0.39, 0.29) is 0 Å². The standard InChI is InChI=1S/C27H39N3O.C3H8.C2H6.2CH2O/c1-6-8-23-9-11-26(12-10-23)31-22(5)19-24-20-28-30(27(24)7-2)25-14-17-29(18-15-25)16-13-21(3)4;1-3-2;3*1-2/h7,9-12,19-21,25H,2,6,8,13-18H2,1,3-5H3;3H2,1-2H3;1-2H3;2*1H2/b22-19+;;;;. The Balaban J connectivity index is 0. The Hall–Kier alpha value is -2.99. The average molecular weight is 556 g/mol. The van der Waals surface area contributed by atoms with Crippen LogP contribution in [0.25, 0.3) is 12.2 Å². The van der Waals surface area contributed by atoms with Crippen molar-refractivity contribution in [2.24, 2.45) is 5.92 Å². The minimum Gasteiger partial charge on any atom is -0.462 e. The monoisotopic (exact) mass is 555 g/mol. The zero-order valence-corrected chi connectivity index (χ0v) is 26.7. The third kappa shape index (κ3) is 15.0. The molecule has 0 bridgehead atoms. The number of allylic oxidation sites excluding steroid dienone is 1. The minimum absolute atomic E-state index is 0.442. The minimum atomic E-state index is 0.442. The Bertz CT molecular complexity index is 909. The van der Waals surface area contributed by atoms with Crippen LogP contribution in [0.2, 0.25) is 0 Å². The predicted molar refractivity (Wildman–Crippen MR) is 173 cm³/mol. The van der Waals surface area contributed by atoms with E-state index in [9.17, 15) is 0 Å². The van der Waals surface area contributed by atoms with E-state index >= 15 is 0 Å². The van der Waals surface area contributed by atoms with Gasteiger partial charge in [-0.05, 0) is 74.9 Å². The Kier molecular flexibility index (Phi) is 24.5. The van der Waals surface area contributed by atoms with Crippen molar-refractivity contribution in [1.82, 2.24) is 14.7 Å². The van der Waals surface area contributed by atoms with Gasteiger partial charge in [0.25, 0.3) is 0 Å². The van der Waals surface area contributed by atoms with Crippen molar-refractivity contribution in [3.63, 3.8) is 0 Å². The van der Waals surface area contributed by atoms with Crippen molar-refractivity contribution < 1.29 is 14.3 Å². The molecule has 0 saturated carbocycles. The maximum Gasteiger partial charge on any atom is 0.126 e. The summed E-state index contributed by atoms with van der Waals surface area (Å²) in [5.41, 5.74) is 3.50. The van der Waals surface area contributed by atoms with Crippen LogP contribution in [0.4, 0.5) is 0 Å².